The third-order valence-electron chi connectivity index (χ3n) is 3.56. The van der Waals surface area contributed by atoms with E-state index in [2.05, 4.69) is 5.32 Å². The standard InChI is InChI=1S/C18H24N2O5/c1-12(2)25-16(22)15(10-9-14(21)11-19)20-17(23)18(3,24)13-7-5-4-6-8-13/h4-8,11-12,15,19,24H,9-10H2,1-3H3,(H,20,23)/t15-,18+/m0/s1. The number of hydrogen-bond donors (Lipinski definition) is 3. The Morgan fingerprint density at radius 3 is 2.40 bits per heavy atom. The van der Waals surface area contributed by atoms with Crippen LogP contribution in [0.15, 0.2) is 30.3 Å². The number of Topliss-reactive ketones (excluding diaryl/α,β-unsaturated/α-hetero) is 1. The number of ketones is 1. The first-order chi connectivity index (χ1) is 11.7. The van der Waals surface area contributed by atoms with Crippen LogP contribution in [0.2, 0.25) is 0 Å². The van der Waals surface area contributed by atoms with Crippen LogP contribution in [0.5, 0.6) is 0 Å². The van der Waals surface area contributed by atoms with Crippen LogP contribution >= 0.6 is 0 Å². The molecule has 1 aromatic carbocycles. The summed E-state index contributed by atoms with van der Waals surface area (Å²) < 4.78 is 5.09. The summed E-state index contributed by atoms with van der Waals surface area (Å²) in [6.45, 7) is 4.66. The number of esters is 1. The molecule has 0 aliphatic rings. The maximum absolute atomic E-state index is 12.5. The van der Waals surface area contributed by atoms with Crippen LogP contribution in [0.3, 0.4) is 0 Å². The van der Waals surface area contributed by atoms with Crippen LogP contribution < -0.4 is 5.32 Å². The zero-order chi connectivity index (χ0) is 19.0. The fourth-order valence-corrected chi connectivity index (χ4v) is 2.11. The van der Waals surface area contributed by atoms with Gasteiger partial charge in [-0.05, 0) is 32.8 Å². The maximum atomic E-state index is 12.5. The second-order valence-electron chi connectivity index (χ2n) is 6.10. The highest BCUT2D eigenvalue weighted by molar-refractivity contribution is 6.26. The highest BCUT2D eigenvalue weighted by Crippen LogP contribution is 2.21. The molecule has 7 heteroatoms. The molecule has 25 heavy (non-hydrogen) atoms. The Kier molecular flexibility index (Phi) is 7.44. The third kappa shape index (κ3) is 6.11. The molecule has 0 bridgehead atoms. The van der Waals surface area contributed by atoms with Crippen molar-refractivity contribution in [3.8, 4) is 0 Å². The van der Waals surface area contributed by atoms with Crippen LogP contribution in [-0.4, -0.2) is 41.1 Å². The van der Waals surface area contributed by atoms with Gasteiger partial charge >= 0.3 is 5.97 Å². The largest absolute Gasteiger partial charge is 0.461 e. The van der Waals surface area contributed by atoms with E-state index in [0.29, 0.717) is 11.8 Å². The normalized spacial score (nSPS) is 14.3. The lowest BCUT2D eigenvalue weighted by Crippen LogP contribution is -2.50. The molecule has 136 valence electrons. The van der Waals surface area contributed by atoms with Crippen molar-refractivity contribution < 1.29 is 24.2 Å². The molecular weight excluding hydrogens is 324 g/mol. The summed E-state index contributed by atoms with van der Waals surface area (Å²) in [4.78, 5) is 36.0. The maximum Gasteiger partial charge on any atom is 0.328 e. The average Bonchev–Trinajstić information content (AvgIpc) is 2.57. The third-order valence-corrected chi connectivity index (χ3v) is 3.56. The van der Waals surface area contributed by atoms with E-state index in [9.17, 15) is 19.5 Å². The SMILES string of the molecule is CC(C)OC(=O)[C@H](CCC(=O)C=N)NC(=O)[C@](C)(O)c1ccccc1. The van der Waals surface area contributed by atoms with Gasteiger partial charge < -0.3 is 20.6 Å². The number of amides is 1. The van der Waals surface area contributed by atoms with Gasteiger partial charge in [-0.2, -0.15) is 0 Å². The number of benzene rings is 1. The summed E-state index contributed by atoms with van der Waals surface area (Å²) in [7, 11) is 0. The summed E-state index contributed by atoms with van der Waals surface area (Å²) in [6.07, 6.45) is 0.165. The highest BCUT2D eigenvalue weighted by Gasteiger charge is 2.35. The van der Waals surface area contributed by atoms with Crippen molar-refractivity contribution >= 4 is 23.9 Å². The minimum atomic E-state index is -1.84. The Morgan fingerprint density at radius 2 is 1.88 bits per heavy atom. The Bertz CT molecular complexity index is 626. The fraction of sp³-hybridized carbons (Fsp3) is 0.444. The van der Waals surface area contributed by atoms with Gasteiger partial charge in [0, 0.05) is 6.42 Å². The summed E-state index contributed by atoms with van der Waals surface area (Å²) in [5, 5.41) is 19.9. The molecule has 0 radical (unpaired) electrons. The van der Waals surface area contributed by atoms with Gasteiger partial charge in [0.05, 0.1) is 12.3 Å². The van der Waals surface area contributed by atoms with Crippen molar-refractivity contribution in [1.29, 1.82) is 5.41 Å². The smallest absolute Gasteiger partial charge is 0.328 e. The summed E-state index contributed by atoms with van der Waals surface area (Å²) in [5.41, 5.74) is -1.47. The van der Waals surface area contributed by atoms with Gasteiger partial charge in [-0.1, -0.05) is 30.3 Å². The molecule has 1 rings (SSSR count). The van der Waals surface area contributed by atoms with Gasteiger partial charge in [-0.25, -0.2) is 4.79 Å². The summed E-state index contributed by atoms with van der Waals surface area (Å²) in [5.74, 6) is -1.93. The molecule has 1 aromatic rings. The van der Waals surface area contributed by atoms with Gasteiger partial charge in [-0.3, -0.25) is 9.59 Å². The van der Waals surface area contributed by atoms with Crippen molar-refractivity contribution in [1.82, 2.24) is 5.32 Å². The van der Waals surface area contributed by atoms with Crippen molar-refractivity contribution in [2.45, 2.75) is 51.4 Å². The molecule has 0 heterocycles. The molecule has 0 saturated heterocycles. The van der Waals surface area contributed by atoms with Crippen molar-refractivity contribution in [3.63, 3.8) is 0 Å². The van der Waals surface area contributed by atoms with Gasteiger partial charge in [0.25, 0.3) is 5.91 Å². The Labute approximate surface area is 146 Å². The fourth-order valence-electron chi connectivity index (χ4n) is 2.11. The first-order valence-corrected chi connectivity index (χ1v) is 8.01. The number of ether oxygens (including phenoxy) is 1. The zero-order valence-electron chi connectivity index (χ0n) is 14.6. The predicted octanol–water partition coefficient (Wildman–Crippen LogP) is 1.33. The highest BCUT2D eigenvalue weighted by atomic mass is 16.5. The van der Waals surface area contributed by atoms with Crippen molar-refractivity contribution in [3.05, 3.63) is 35.9 Å². The number of hydrogen-bond acceptors (Lipinski definition) is 6. The number of aliphatic hydroxyl groups is 1. The van der Waals surface area contributed by atoms with Gasteiger partial charge in [0.2, 0.25) is 0 Å². The molecule has 1 amide bonds. The van der Waals surface area contributed by atoms with E-state index in [1.54, 1.807) is 44.2 Å². The lowest BCUT2D eigenvalue weighted by Gasteiger charge is -2.26. The number of carbonyl (C=O) groups is 3. The molecule has 0 aromatic heterocycles. The molecule has 2 atom stereocenters. The van der Waals surface area contributed by atoms with E-state index in [1.807, 2.05) is 0 Å². The van der Waals surface area contributed by atoms with Crippen LogP contribution in [-0.2, 0) is 24.7 Å². The number of rotatable bonds is 9. The van der Waals surface area contributed by atoms with Crippen LogP contribution in [0.25, 0.3) is 0 Å². The number of carbonyl (C=O) groups excluding carboxylic acids is 3. The van der Waals surface area contributed by atoms with Crippen molar-refractivity contribution in [2.24, 2.45) is 0 Å². The monoisotopic (exact) mass is 348 g/mol. The lowest BCUT2D eigenvalue weighted by molar-refractivity contribution is -0.154. The number of nitrogens with one attached hydrogen (secondary N) is 2. The molecule has 3 N–H and O–H groups in total. The minimum Gasteiger partial charge on any atom is -0.461 e. The van der Waals surface area contributed by atoms with E-state index in [4.69, 9.17) is 10.1 Å². The molecule has 0 spiro atoms. The zero-order valence-corrected chi connectivity index (χ0v) is 14.6. The molecule has 0 aliphatic heterocycles. The quantitative estimate of drug-likeness (QED) is 0.460. The topological polar surface area (TPSA) is 117 Å². The second kappa shape index (κ2) is 9.08. The van der Waals surface area contributed by atoms with Gasteiger partial charge in [0.15, 0.2) is 11.4 Å². The van der Waals surface area contributed by atoms with E-state index >= 15 is 0 Å². The molecule has 0 fully saturated rings. The second-order valence-corrected chi connectivity index (χ2v) is 6.10. The predicted molar refractivity (Wildman–Crippen MR) is 92.2 cm³/mol. The Morgan fingerprint density at radius 1 is 1.28 bits per heavy atom. The van der Waals surface area contributed by atoms with E-state index in [0.717, 1.165) is 0 Å². The van der Waals surface area contributed by atoms with E-state index in [-0.39, 0.29) is 18.9 Å². The summed E-state index contributed by atoms with van der Waals surface area (Å²) in [6, 6.07) is 7.23. The van der Waals surface area contributed by atoms with Gasteiger partial charge in [-0.15, -0.1) is 0 Å². The Hall–Kier alpha value is -2.54. The first-order valence-electron chi connectivity index (χ1n) is 8.01. The molecular formula is C18H24N2O5. The minimum absolute atomic E-state index is 0.0175. The molecule has 0 saturated carbocycles. The van der Waals surface area contributed by atoms with Crippen LogP contribution in [0.4, 0.5) is 0 Å². The van der Waals surface area contributed by atoms with Crippen LogP contribution in [0.1, 0.15) is 39.2 Å². The van der Waals surface area contributed by atoms with Crippen LogP contribution in [0, 0.1) is 5.41 Å². The first kappa shape index (κ1) is 20.5. The van der Waals surface area contributed by atoms with E-state index in [1.165, 1.54) is 6.92 Å². The molecule has 0 aliphatic carbocycles. The molecule has 7 nitrogen and oxygen atoms in total. The Balaban J connectivity index is 2.90. The van der Waals surface area contributed by atoms with Gasteiger partial charge in [0.1, 0.15) is 6.04 Å². The summed E-state index contributed by atoms with van der Waals surface area (Å²) >= 11 is 0. The lowest BCUT2D eigenvalue weighted by atomic mass is 9.94. The van der Waals surface area contributed by atoms with E-state index < -0.39 is 29.3 Å². The average molecular weight is 348 g/mol. The van der Waals surface area contributed by atoms with Crippen molar-refractivity contribution in [2.75, 3.05) is 0 Å². The molecule has 0 unspecified atom stereocenters.